The number of rotatable bonds is 1. The molecule has 0 aromatic carbocycles. The van der Waals surface area contributed by atoms with Crippen molar-refractivity contribution >= 4 is 0 Å². The maximum atomic E-state index is 3.88. The van der Waals surface area contributed by atoms with Crippen LogP contribution < -0.4 is 5.32 Å². The second-order valence-electron chi connectivity index (χ2n) is 7.33. The molecule has 1 N–H and O–H groups in total. The minimum absolute atomic E-state index is 0.472. The second-order valence-corrected chi connectivity index (χ2v) is 7.33. The normalized spacial score (nSPS) is 37.6. The van der Waals surface area contributed by atoms with Gasteiger partial charge in [-0.05, 0) is 38.8 Å². The van der Waals surface area contributed by atoms with Gasteiger partial charge in [-0.1, -0.05) is 26.2 Å². The lowest BCUT2D eigenvalue weighted by Gasteiger charge is -2.51. The van der Waals surface area contributed by atoms with E-state index in [4.69, 9.17) is 0 Å². The maximum absolute atomic E-state index is 3.88. The standard InChI is InChI=1S/C16H31N3/c1-14-12-18(2)10-6-15(14)19-11-9-17-16(13-19)7-4-3-5-8-16/h14-15,17H,3-13H2,1-2H3. The van der Waals surface area contributed by atoms with Crippen LogP contribution in [0.15, 0.2) is 0 Å². The van der Waals surface area contributed by atoms with Crippen molar-refractivity contribution in [1.29, 1.82) is 0 Å². The first kappa shape index (κ1) is 13.8. The number of hydrogen-bond acceptors (Lipinski definition) is 3. The van der Waals surface area contributed by atoms with Gasteiger partial charge in [0, 0.05) is 37.8 Å². The third kappa shape index (κ3) is 2.98. The van der Waals surface area contributed by atoms with Gasteiger partial charge >= 0.3 is 0 Å². The Morgan fingerprint density at radius 1 is 1.11 bits per heavy atom. The summed E-state index contributed by atoms with van der Waals surface area (Å²) in [7, 11) is 2.27. The minimum atomic E-state index is 0.472. The molecule has 2 atom stereocenters. The highest BCUT2D eigenvalue weighted by molar-refractivity contribution is 4.99. The summed E-state index contributed by atoms with van der Waals surface area (Å²) >= 11 is 0. The summed E-state index contributed by atoms with van der Waals surface area (Å²) in [4.78, 5) is 5.33. The van der Waals surface area contributed by atoms with Gasteiger partial charge in [-0.25, -0.2) is 0 Å². The van der Waals surface area contributed by atoms with Crippen molar-refractivity contribution in [3.8, 4) is 0 Å². The first-order chi connectivity index (χ1) is 9.19. The quantitative estimate of drug-likeness (QED) is 0.781. The van der Waals surface area contributed by atoms with E-state index in [2.05, 4.69) is 29.1 Å². The predicted molar refractivity (Wildman–Crippen MR) is 80.5 cm³/mol. The Morgan fingerprint density at radius 2 is 1.89 bits per heavy atom. The lowest BCUT2D eigenvalue weighted by Crippen LogP contribution is -2.64. The summed E-state index contributed by atoms with van der Waals surface area (Å²) in [5.74, 6) is 0.831. The largest absolute Gasteiger partial charge is 0.309 e. The van der Waals surface area contributed by atoms with Gasteiger partial charge in [-0.15, -0.1) is 0 Å². The molecule has 3 rings (SSSR count). The second kappa shape index (κ2) is 5.71. The molecular weight excluding hydrogens is 234 g/mol. The zero-order chi connectivity index (χ0) is 13.3. The summed E-state index contributed by atoms with van der Waals surface area (Å²) < 4.78 is 0. The van der Waals surface area contributed by atoms with E-state index in [0.717, 1.165) is 12.0 Å². The summed E-state index contributed by atoms with van der Waals surface area (Å²) in [6, 6.07) is 0.831. The van der Waals surface area contributed by atoms with E-state index in [1.165, 1.54) is 71.2 Å². The number of hydrogen-bond donors (Lipinski definition) is 1. The van der Waals surface area contributed by atoms with Gasteiger partial charge < -0.3 is 10.2 Å². The van der Waals surface area contributed by atoms with Crippen LogP contribution in [0, 0.1) is 5.92 Å². The average molecular weight is 265 g/mol. The topological polar surface area (TPSA) is 18.5 Å². The molecule has 1 aliphatic carbocycles. The molecule has 3 nitrogen and oxygen atoms in total. The fourth-order valence-corrected chi connectivity index (χ4v) is 4.72. The third-order valence-corrected chi connectivity index (χ3v) is 5.75. The van der Waals surface area contributed by atoms with Crippen LogP contribution in [-0.2, 0) is 0 Å². The Kier molecular flexibility index (Phi) is 4.16. The fourth-order valence-electron chi connectivity index (χ4n) is 4.72. The van der Waals surface area contributed by atoms with Gasteiger partial charge in [0.25, 0.3) is 0 Å². The van der Waals surface area contributed by atoms with E-state index < -0.39 is 0 Å². The zero-order valence-corrected chi connectivity index (χ0v) is 12.8. The zero-order valence-electron chi connectivity index (χ0n) is 12.8. The first-order valence-corrected chi connectivity index (χ1v) is 8.36. The highest BCUT2D eigenvalue weighted by Gasteiger charge is 2.40. The van der Waals surface area contributed by atoms with Gasteiger partial charge in [0.1, 0.15) is 0 Å². The molecule has 0 bridgehead atoms. The van der Waals surface area contributed by atoms with Gasteiger partial charge in [-0.2, -0.15) is 0 Å². The molecule has 1 saturated carbocycles. The van der Waals surface area contributed by atoms with Crippen molar-refractivity contribution in [2.24, 2.45) is 5.92 Å². The Balaban J connectivity index is 1.64. The molecule has 2 unspecified atom stereocenters. The number of nitrogens with one attached hydrogen (secondary N) is 1. The molecule has 0 aromatic heterocycles. The van der Waals surface area contributed by atoms with E-state index in [9.17, 15) is 0 Å². The fraction of sp³-hybridized carbons (Fsp3) is 1.00. The van der Waals surface area contributed by atoms with Crippen molar-refractivity contribution in [3.63, 3.8) is 0 Å². The van der Waals surface area contributed by atoms with E-state index in [-0.39, 0.29) is 0 Å². The average Bonchev–Trinajstić information content (AvgIpc) is 2.39. The van der Waals surface area contributed by atoms with Gasteiger partial charge in [0.2, 0.25) is 0 Å². The molecule has 1 spiro atoms. The molecule has 0 amide bonds. The van der Waals surface area contributed by atoms with Gasteiger partial charge in [-0.3, -0.25) is 4.90 Å². The summed E-state index contributed by atoms with van der Waals surface area (Å²) in [5.41, 5.74) is 0.472. The predicted octanol–water partition coefficient (Wildman–Crippen LogP) is 1.93. The third-order valence-electron chi connectivity index (χ3n) is 5.75. The van der Waals surface area contributed by atoms with E-state index in [0.29, 0.717) is 5.54 Å². The van der Waals surface area contributed by atoms with Crippen molar-refractivity contribution < 1.29 is 0 Å². The lowest BCUT2D eigenvalue weighted by molar-refractivity contribution is 0.0187. The molecule has 3 heteroatoms. The van der Waals surface area contributed by atoms with Crippen LogP contribution >= 0.6 is 0 Å². The molecule has 2 aliphatic heterocycles. The number of likely N-dealkylation sites (tertiary alicyclic amines) is 1. The molecule has 3 fully saturated rings. The molecule has 2 heterocycles. The molecule has 2 saturated heterocycles. The first-order valence-electron chi connectivity index (χ1n) is 8.36. The Labute approximate surface area is 118 Å². The Hall–Kier alpha value is -0.120. The molecule has 0 aromatic rings. The number of nitrogens with zero attached hydrogens (tertiary/aromatic N) is 2. The van der Waals surface area contributed by atoms with Crippen LogP contribution in [0.3, 0.4) is 0 Å². The molecular formula is C16H31N3. The summed E-state index contributed by atoms with van der Waals surface area (Å²) in [5, 5.41) is 3.88. The minimum Gasteiger partial charge on any atom is -0.309 e. The van der Waals surface area contributed by atoms with Crippen LogP contribution in [0.2, 0.25) is 0 Å². The molecule has 19 heavy (non-hydrogen) atoms. The van der Waals surface area contributed by atoms with Crippen LogP contribution in [0.25, 0.3) is 0 Å². The van der Waals surface area contributed by atoms with Crippen molar-refractivity contribution in [3.05, 3.63) is 0 Å². The van der Waals surface area contributed by atoms with Crippen LogP contribution in [0.1, 0.15) is 45.4 Å². The van der Waals surface area contributed by atoms with Crippen molar-refractivity contribution in [1.82, 2.24) is 15.1 Å². The van der Waals surface area contributed by atoms with E-state index in [1.54, 1.807) is 0 Å². The highest BCUT2D eigenvalue weighted by Crippen LogP contribution is 2.33. The van der Waals surface area contributed by atoms with E-state index >= 15 is 0 Å². The Bertz CT molecular complexity index is 293. The van der Waals surface area contributed by atoms with Crippen LogP contribution in [0.4, 0.5) is 0 Å². The monoisotopic (exact) mass is 265 g/mol. The molecule has 110 valence electrons. The Morgan fingerprint density at radius 3 is 2.63 bits per heavy atom. The molecule has 3 aliphatic rings. The smallest absolute Gasteiger partial charge is 0.0309 e. The number of piperazine rings is 1. The summed E-state index contributed by atoms with van der Waals surface area (Å²) in [6.07, 6.45) is 8.50. The van der Waals surface area contributed by atoms with Crippen molar-refractivity contribution in [2.45, 2.75) is 57.0 Å². The van der Waals surface area contributed by atoms with Crippen molar-refractivity contribution in [2.75, 3.05) is 39.8 Å². The lowest BCUT2D eigenvalue weighted by atomic mass is 9.79. The van der Waals surface area contributed by atoms with Gasteiger partial charge in [0.15, 0.2) is 0 Å². The SMILES string of the molecule is CC1CN(C)CCC1N1CCNC2(CCCCC2)C1. The maximum Gasteiger partial charge on any atom is 0.0309 e. The molecule has 0 radical (unpaired) electrons. The van der Waals surface area contributed by atoms with Crippen LogP contribution in [-0.4, -0.2) is 61.2 Å². The highest BCUT2D eigenvalue weighted by atomic mass is 15.3. The number of piperidine rings is 1. The summed E-state index contributed by atoms with van der Waals surface area (Å²) in [6.45, 7) is 8.80. The van der Waals surface area contributed by atoms with E-state index in [1.807, 2.05) is 0 Å². The van der Waals surface area contributed by atoms with Gasteiger partial charge in [0.05, 0.1) is 0 Å². The van der Waals surface area contributed by atoms with Crippen LogP contribution in [0.5, 0.6) is 0 Å².